The first-order valence-electron chi connectivity index (χ1n) is 12.4. The summed E-state index contributed by atoms with van der Waals surface area (Å²) in [6.07, 6.45) is 3.67. The van der Waals surface area contributed by atoms with Crippen molar-refractivity contribution in [1.82, 2.24) is 14.5 Å². The maximum Gasteiger partial charge on any atom is 0.231 e. The Morgan fingerprint density at radius 2 is 1.92 bits per heavy atom. The van der Waals surface area contributed by atoms with E-state index in [0.717, 1.165) is 24.5 Å². The molecule has 198 valence electrons. The van der Waals surface area contributed by atoms with E-state index in [-0.39, 0.29) is 24.1 Å². The lowest BCUT2D eigenvalue weighted by atomic mass is 10.1. The number of imidazole rings is 1. The quantitative estimate of drug-likeness (QED) is 0.313. The van der Waals surface area contributed by atoms with Crippen molar-refractivity contribution in [1.29, 1.82) is 0 Å². The number of aromatic nitrogens is 3. The van der Waals surface area contributed by atoms with Gasteiger partial charge in [-0.05, 0) is 43.0 Å². The Morgan fingerprint density at radius 3 is 2.61 bits per heavy atom. The van der Waals surface area contributed by atoms with Crippen LogP contribution in [0, 0.1) is 17.6 Å². The molecule has 1 aliphatic carbocycles. The lowest BCUT2D eigenvalue weighted by Crippen LogP contribution is -2.33. The van der Waals surface area contributed by atoms with Crippen molar-refractivity contribution in [2.45, 2.75) is 32.7 Å². The number of carbonyl (C=O) groups excluding carboxylic acids is 1. The largest absolute Gasteiger partial charge is 0.497 e. The monoisotopic (exact) mass is 521 g/mol. The zero-order valence-corrected chi connectivity index (χ0v) is 21.7. The van der Waals surface area contributed by atoms with Gasteiger partial charge in [0.1, 0.15) is 34.5 Å². The average molecular weight is 522 g/mol. The van der Waals surface area contributed by atoms with Crippen LogP contribution in [0.15, 0.2) is 42.7 Å². The van der Waals surface area contributed by atoms with Crippen LogP contribution in [-0.4, -0.2) is 34.7 Å². The van der Waals surface area contributed by atoms with Gasteiger partial charge >= 0.3 is 0 Å². The van der Waals surface area contributed by atoms with Gasteiger partial charge in [0.15, 0.2) is 5.82 Å². The van der Waals surface area contributed by atoms with Gasteiger partial charge < -0.3 is 19.4 Å². The summed E-state index contributed by atoms with van der Waals surface area (Å²) in [6, 6.07) is 9.30. The zero-order valence-electron chi connectivity index (χ0n) is 21.7. The van der Waals surface area contributed by atoms with Crippen LogP contribution in [0.25, 0.3) is 11.0 Å². The Labute approximate surface area is 219 Å². The predicted octanol–water partition coefficient (Wildman–Crippen LogP) is 5.51. The molecule has 0 spiro atoms. The molecular formula is C28H29F2N5O3. The second kappa shape index (κ2) is 10.3. The number of aryl methyl sites for hydroxylation is 2. The molecule has 2 aromatic heterocycles. The van der Waals surface area contributed by atoms with Gasteiger partial charge in [-0.2, -0.15) is 0 Å². The van der Waals surface area contributed by atoms with E-state index in [4.69, 9.17) is 14.5 Å². The summed E-state index contributed by atoms with van der Waals surface area (Å²) in [7, 11) is 4.97. The number of pyridine rings is 1. The summed E-state index contributed by atoms with van der Waals surface area (Å²) in [5.74, 6) is 0.340. The molecule has 0 unspecified atom stereocenters. The Kier molecular flexibility index (Phi) is 6.88. The number of nitrogens with zero attached hydrogens (tertiary/aromatic N) is 4. The summed E-state index contributed by atoms with van der Waals surface area (Å²) in [4.78, 5) is 24.5. The van der Waals surface area contributed by atoms with Gasteiger partial charge in [-0.15, -0.1) is 0 Å². The number of ether oxygens (including phenoxy) is 2. The summed E-state index contributed by atoms with van der Waals surface area (Å²) < 4.78 is 41.4. The fraction of sp³-hybridized carbons (Fsp3) is 0.321. The summed E-state index contributed by atoms with van der Waals surface area (Å²) >= 11 is 0. The minimum atomic E-state index is -0.718. The highest BCUT2D eigenvalue weighted by atomic mass is 19.1. The van der Waals surface area contributed by atoms with E-state index >= 15 is 0 Å². The molecule has 4 aromatic rings. The van der Waals surface area contributed by atoms with Crippen molar-refractivity contribution in [3.05, 3.63) is 65.5 Å². The molecule has 10 heteroatoms. The number of fused-ring (bicyclic) bond motifs is 1. The molecule has 0 aliphatic heterocycles. The highest BCUT2D eigenvalue weighted by Gasteiger charge is 2.36. The third-order valence-electron chi connectivity index (χ3n) is 6.74. The Balaban J connectivity index is 1.63. The van der Waals surface area contributed by atoms with E-state index in [1.807, 2.05) is 26.1 Å². The van der Waals surface area contributed by atoms with E-state index in [1.54, 1.807) is 42.1 Å². The molecule has 2 aromatic carbocycles. The Morgan fingerprint density at radius 1 is 1.13 bits per heavy atom. The number of hydrogen-bond acceptors (Lipinski definition) is 6. The van der Waals surface area contributed by atoms with Crippen LogP contribution in [0.3, 0.4) is 0 Å². The standard InChI is InChI=1S/C28H29F2N5O3/c1-5-16-10-19(29)11-21(30)25(16)32-24-13-22-26(31-15-34(22)2)27(33-24)35(28(36)17-6-7-17)14-18-8-9-20(37-3)12-23(18)38-4/h8-13,15,17H,5-7,14H2,1-4H3,(H,32,33). The molecule has 2 heterocycles. The molecule has 38 heavy (non-hydrogen) atoms. The van der Waals surface area contributed by atoms with E-state index in [1.165, 1.54) is 6.07 Å². The number of anilines is 3. The average Bonchev–Trinajstić information content (AvgIpc) is 3.71. The molecule has 0 radical (unpaired) electrons. The molecule has 1 fully saturated rings. The minimum Gasteiger partial charge on any atom is -0.497 e. The first-order valence-corrected chi connectivity index (χ1v) is 12.4. The fourth-order valence-electron chi connectivity index (χ4n) is 4.50. The van der Waals surface area contributed by atoms with Gasteiger partial charge in [0.05, 0.1) is 38.3 Å². The predicted molar refractivity (Wildman–Crippen MR) is 141 cm³/mol. The molecule has 1 aliphatic rings. The molecule has 1 saturated carbocycles. The van der Waals surface area contributed by atoms with Gasteiger partial charge in [0, 0.05) is 36.7 Å². The van der Waals surface area contributed by atoms with Gasteiger partial charge in [-0.3, -0.25) is 9.69 Å². The molecular weight excluding hydrogens is 492 g/mol. The number of rotatable bonds is 9. The van der Waals surface area contributed by atoms with Crippen LogP contribution < -0.4 is 19.7 Å². The normalized spacial score (nSPS) is 13.0. The minimum absolute atomic E-state index is 0.0679. The lowest BCUT2D eigenvalue weighted by Gasteiger charge is -2.24. The number of methoxy groups -OCH3 is 2. The van der Waals surface area contributed by atoms with E-state index in [9.17, 15) is 13.6 Å². The number of hydrogen-bond donors (Lipinski definition) is 1. The van der Waals surface area contributed by atoms with Gasteiger partial charge in [-0.1, -0.05) is 6.92 Å². The van der Waals surface area contributed by atoms with Crippen LogP contribution in [0.4, 0.5) is 26.1 Å². The number of halogens is 2. The highest BCUT2D eigenvalue weighted by molar-refractivity contribution is 6.02. The van der Waals surface area contributed by atoms with Gasteiger partial charge in [-0.25, -0.2) is 18.7 Å². The smallest absolute Gasteiger partial charge is 0.231 e. The summed E-state index contributed by atoms with van der Waals surface area (Å²) in [5.41, 5.74) is 2.63. The zero-order chi connectivity index (χ0) is 27.0. The van der Waals surface area contributed by atoms with Crippen molar-refractivity contribution in [2.24, 2.45) is 13.0 Å². The van der Waals surface area contributed by atoms with Crippen LogP contribution in [0.5, 0.6) is 11.5 Å². The van der Waals surface area contributed by atoms with E-state index in [2.05, 4.69) is 10.3 Å². The number of amides is 1. The third-order valence-corrected chi connectivity index (χ3v) is 6.74. The molecule has 1 N–H and O–H groups in total. The second-order valence-corrected chi connectivity index (χ2v) is 9.33. The maximum absolute atomic E-state index is 14.8. The SMILES string of the molecule is CCc1cc(F)cc(F)c1Nc1cc2c(ncn2C)c(N(Cc2ccc(OC)cc2OC)C(=O)C2CC2)n1. The van der Waals surface area contributed by atoms with E-state index < -0.39 is 11.6 Å². The topological polar surface area (TPSA) is 81.5 Å². The second-order valence-electron chi connectivity index (χ2n) is 9.33. The molecule has 8 nitrogen and oxygen atoms in total. The van der Waals surface area contributed by atoms with Crippen LogP contribution in [-0.2, 0) is 24.8 Å². The third kappa shape index (κ3) is 4.85. The highest BCUT2D eigenvalue weighted by Crippen LogP contribution is 2.37. The molecule has 5 rings (SSSR count). The Bertz CT molecular complexity index is 1520. The maximum atomic E-state index is 14.8. The van der Waals surface area contributed by atoms with Crippen LogP contribution >= 0.6 is 0 Å². The van der Waals surface area contributed by atoms with E-state index in [0.29, 0.717) is 46.2 Å². The summed E-state index contributed by atoms with van der Waals surface area (Å²) in [5, 5.41) is 3.04. The van der Waals surface area contributed by atoms with Crippen molar-refractivity contribution in [3.8, 4) is 11.5 Å². The van der Waals surface area contributed by atoms with Crippen LogP contribution in [0.2, 0.25) is 0 Å². The van der Waals surface area contributed by atoms with Crippen molar-refractivity contribution < 1.29 is 23.0 Å². The molecule has 1 amide bonds. The fourth-order valence-corrected chi connectivity index (χ4v) is 4.50. The lowest BCUT2D eigenvalue weighted by molar-refractivity contribution is -0.119. The Hall–Kier alpha value is -4.21. The molecule has 0 atom stereocenters. The van der Waals surface area contributed by atoms with Gasteiger partial charge in [0.25, 0.3) is 0 Å². The van der Waals surface area contributed by atoms with Crippen molar-refractivity contribution in [3.63, 3.8) is 0 Å². The first kappa shape index (κ1) is 25.4. The van der Waals surface area contributed by atoms with Gasteiger partial charge in [0.2, 0.25) is 5.91 Å². The number of benzene rings is 2. The number of nitrogens with one attached hydrogen (secondary N) is 1. The van der Waals surface area contributed by atoms with Crippen LogP contribution in [0.1, 0.15) is 30.9 Å². The molecule has 0 bridgehead atoms. The first-order chi connectivity index (χ1) is 18.3. The summed E-state index contributed by atoms with van der Waals surface area (Å²) in [6.45, 7) is 2.01. The molecule has 0 saturated heterocycles. The van der Waals surface area contributed by atoms with Crippen molar-refractivity contribution in [2.75, 3.05) is 24.4 Å². The van der Waals surface area contributed by atoms with Crippen molar-refractivity contribution >= 4 is 34.3 Å². The number of carbonyl (C=O) groups is 1.